The molecular formula is C30H30Cl2FN3O2. The zero-order chi connectivity index (χ0) is 27.6. The molecule has 1 aliphatic heterocycles. The molecule has 5 nitrogen and oxygen atoms in total. The molecule has 0 saturated carbocycles. The predicted molar refractivity (Wildman–Crippen MR) is 150 cm³/mol. The summed E-state index contributed by atoms with van der Waals surface area (Å²) in [5.41, 5.74) is 4.09. The first kappa shape index (κ1) is 26.5. The number of amides is 1. The van der Waals surface area contributed by atoms with Gasteiger partial charge in [0.05, 0.1) is 39.1 Å². The smallest absolute Gasteiger partial charge is 0.253 e. The van der Waals surface area contributed by atoms with Crippen LogP contribution in [0.3, 0.4) is 0 Å². The van der Waals surface area contributed by atoms with Gasteiger partial charge < -0.3 is 10.1 Å². The van der Waals surface area contributed by atoms with Crippen molar-refractivity contribution in [2.24, 2.45) is 0 Å². The number of carbonyl (C=O) groups excluding carboxylic acids is 1. The van der Waals surface area contributed by atoms with E-state index in [1.807, 2.05) is 51.1 Å². The standard InChI is InChI=1S/C30H30Cl2FN3O2/c1-16-11-23-25(29(2,3)4)20(15-34-36(23)27(16)19-12-17(33)13-21(31)26(19)32)28(37)35-22-14-30(5,6)38-24-10-8-7-9-18(22)24/h7-13,15,22H,14H2,1-6H3,(H,35,37)/t22-/m0/s1. The first-order chi connectivity index (χ1) is 17.8. The molecule has 0 spiro atoms. The lowest BCUT2D eigenvalue weighted by atomic mass is 9.83. The lowest BCUT2D eigenvalue weighted by Gasteiger charge is -2.38. The van der Waals surface area contributed by atoms with Gasteiger partial charge in [0.2, 0.25) is 0 Å². The highest BCUT2D eigenvalue weighted by molar-refractivity contribution is 6.43. The Morgan fingerprint density at radius 1 is 1.18 bits per heavy atom. The summed E-state index contributed by atoms with van der Waals surface area (Å²) >= 11 is 12.7. The third-order valence-corrected chi connectivity index (χ3v) is 7.72. The van der Waals surface area contributed by atoms with Gasteiger partial charge in [-0.3, -0.25) is 4.79 Å². The monoisotopic (exact) mass is 553 g/mol. The van der Waals surface area contributed by atoms with Crippen molar-refractivity contribution in [1.29, 1.82) is 0 Å². The zero-order valence-electron chi connectivity index (χ0n) is 22.2. The molecule has 4 aromatic rings. The maximum absolute atomic E-state index is 14.3. The molecule has 5 rings (SSSR count). The number of aryl methyl sites for hydroxylation is 1. The van der Waals surface area contributed by atoms with Crippen molar-refractivity contribution in [3.8, 4) is 17.0 Å². The van der Waals surface area contributed by atoms with Gasteiger partial charge in [0.15, 0.2) is 0 Å². The highest BCUT2D eigenvalue weighted by atomic mass is 35.5. The van der Waals surface area contributed by atoms with Gasteiger partial charge in [0, 0.05) is 17.5 Å². The molecule has 1 aliphatic rings. The Bertz CT molecular complexity index is 1590. The average molecular weight is 554 g/mol. The summed E-state index contributed by atoms with van der Waals surface area (Å²) in [4.78, 5) is 13.9. The summed E-state index contributed by atoms with van der Waals surface area (Å²) in [6, 6.07) is 12.1. The number of halogens is 3. The molecule has 0 fully saturated rings. The van der Waals surface area contributed by atoms with E-state index in [1.165, 1.54) is 12.1 Å². The lowest BCUT2D eigenvalue weighted by Crippen LogP contribution is -2.41. The fraction of sp³-hybridized carbons (Fsp3) is 0.333. The second-order valence-electron chi connectivity index (χ2n) is 11.5. The lowest BCUT2D eigenvalue weighted by molar-refractivity contribution is 0.0619. The number of aromatic nitrogens is 2. The molecule has 0 unspecified atom stereocenters. The van der Waals surface area contributed by atoms with Crippen LogP contribution in [0.25, 0.3) is 16.8 Å². The van der Waals surface area contributed by atoms with Crippen molar-refractivity contribution in [2.45, 2.75) is 65.0 Å². The van der Waals surface area contributed by atoms with E-state index >= 15 is 0 Å². The minimum atomic E-state index is -0.490. The summed E-state index contributed by atoms with van der Waals surface area (Å²) in [6.07, 6.45) is 2.21. The average Bonchev–Trinajstić information content (AvgIpc) is 3.14. The second kappa shape index (κ2) is 9.28. The van der Waals surface area contributed by atoms with Crippen molar-refractivity contribution in [3.63, 3.8) is 0 Å². The molecule has 0 saturated heterocycles. The van der Waals surface area contributed by atoms with E-state index in [4.69, 9.17) is 27.9 Å². The first-order valence-electron chi connectivity index (χ1n) is 12.5. The third kappa shape index (κ3) is 4.65. The molecule has 2 aromatic heterocycles. The molecule has 3 heterocycles. The second-order valence-corrected chi connectivity index (χ2v) is 12.3. The molecule has 198 valence electrons. The van der Waals surface area contributed by atoms with Crippen LogP contribution in [-0.4, -0.2) is 21.1 Å². The Balaban J connectivity index is 1.64. The Kier molecular flexibility index (Phi) is 6.48. The van der Waals surface area contributed by atoms with Gasteiger partial charge in [-0.15, -0.1) is 0 Å². The number of hydrogen-bond donors (Lipinski definition) is 1. The first-order valence-corrected chi connectivity index (χ1v) is 13.3. The van der Waals surface area contributed by atoms with Crippen LogP contribution in [0.2, 0.25) is 10.0 Å². The van der Waals surface area contributed by atoms with Crippen LogP contribution < -0.4 is 10.1 Å². The molecule has 0 aliphatic carbocycles. The molecular weight excluding hydrogens is 524 g/mol. The normalized spacial score (nSPS) is 16.7. The van der Waals surface area contributed by atoms with Gasteiger partial charge in [0.25, 0.3) is 5.91 Å². The van der Waals surface area contributed by atoms with Crippen molar-refractivity contribution in [1.82, 2.24) is 14.9 Å². The maximum Gasteiger partial charge on any atom is 0.253 e. The van der Waals surface area contributed by atoms with Crippen molar-refractivity contribution < 1.29 is 13.9 Å². The molecule has 1 N–H and O–H groups in total. The number of hydrogen-bond acceptors (Lipinski definition) is 3. The van der Waals surface area contributed by atoms with Gasteiger partial charge in [-0.1, -0.05) is 62.2 Å². The van der Waals surface area contributed by atoms with Crippen LogP contribution in [0.5, 0.6) is 5.75 Å². The topological polar surface area (TPSA) is 55.6 Å². The minimum Gasteiger partial charge on any atom is -0.487 e. The molecule has 2 aromatic carbocycles. The minimum absolute atomic E-state index is 0.128. The molecule has 8 heteroatoms. The van der Waals surface area contributed by atoms with E-state index in [0.717, 1.165) is 28.0 Å². The molecule has 38 heavy (non-hydrogen) atoms. The summed E-state index contributed by atoms with van der Waals surface area (Å²) in [5, 5.41) is 8.27. The Labute approximate surface area is 231 Å². The van der Waals surface area contributed by atoms with Gasteiger partial charge in [0.1, 0.15) is 17.2 Å². The number of fused-ring (bicyclic) bond motifs is 2. The van der Waals surface area contributed by atoms with Gasteiger partial charge in [-0.05, 0) is 61.6 Å². The number of carbonyl (C=O) groups is 1. The van der Waals surface area contributed by atoms with Crippen LogP contribution >= 0.6 is 23.2 Å². The summed E-state index contributed by atoms with van der Waals surface area (Å²) in [6.45, 7) is 12.1. The summed E-state index contributed by atoms with van der Waals surface area (Å²) in [7, 11) is 0. The van der Waals surface area contributed by atoms with Crippen LogP contribution in [0.4, 0.5) is 4.39 Å². The largest absolute Gasteiger partial charge is 0.487 e. The van der Waals surface area contributed by atoms with Crippen molar-refractivity contribution in [3.05, 3.63) is 86.8 Å². The third-order valence-electron chi connectivity index (χ3n) is 6.92. The van der Waals surface area contributed by atoms with E-state index in [0.29, 0.717) is 23.2 Å². The highest BCUT2D eigenvalue weighted by Gasteiger charge is 2.36. The SMILES string of the molecule is Cc1cc2c(C(C)(C)C)c(C(=O)N[C@H]3CC(C)(C)Oc4ccccc43)cnn2c1-c1cc(F)cc(Cl)c1Cl. The van der Waals surface area contributed by atoms with E-state index in [1.54, 1.807) is 10.7 Å². The number of rotatable bonds is 3. The van der Waals surface area contributed by atoms with Crippen LogP contribution in [0.1, 0.15) is 74.1 Å². The van der Waals surface area contributed by atoms with Crippen molar-refractivity contribution >= 4 is 34.6 Å². The van der Waals surface area contributed by atoms with E-state index in [9.17, 15) is 9.18 Å². The van der Waals surface area contributed by atoms with Crippen LogP contribution in [-0.2, 0) is 5.41 Å². The Hall–Kier alpha value is -3.09. The highest BCUT2D eigenvalue weighted by Crippen LogP contribution is 2.41. The number of nitrogens with zero attached hydrogens (tertiary/aromatic N) is 2. The molecule has 1 atom stereocenters. The molecule has 1 amide bonds. The Morgan fingerprint density at radius 2 is 1.89 bits per heavy atom. The summed E-state index contributed by atoms with van der Waals surface area (Å²) in [5.74, 6) is 0.0706. The van der Waals surface area contributed by atoms with Crippen molar-refractivity contribution in [2.75, 3.05) is 0 Å². The summed E-state index contributed by atoms with van der Waals surface area (Å²) < 4.78 is 22.2. The van der Waals surface area contributed by atoms with Gasteiger partial charge in [-0.25, -0.2) is 8.91 Å². The Morgan fingerprint density at radius 3 is 2.61 bits per heavy atom. The fourth-order valence-corrected chi connectivity index (χ4v) is 5.82. The molecule has 0 radical (unpaired) electrons. The number of ether oxygens (including phenoxy) is 1. The fourth-order valence-electron chi connectivity index (χ4n) is 5.42. The zero-order valence-corrected chi connectivity index (χ0v) is 23.8. The molecule has 0 bridgehead atoms. The van der Waals surface area contributed by atoms with Gasteiger partial charge in [-0.2, -0.15) is 5.10 Å². The van der Waals surface area contributed by atoms with E-state index in [-0.39, 0.29) is 22.0 Å². The number of nitrogens with one attached hydrogen (secondary N) is 1. The quantitative estimate of drug-likeness (QED) is 0.261. The van der Waals surface area contributed by atoms with E-state index in [2.05, 4.69) is 31.2 Å². The van der Waals surface area contributed by atoms with Crippen LogP contribution in [0, 0.1) is 12.7 Å². The van der Waals surface area contributed by atoms with Gasteiger partial charge >= 0.3 is 0 Å². The number of para-hydroxylation sites is 1. The van der Waals surface area contributed by atoms with E-state index < -0.39 is 16.8 Å². The number of benzene rings is 2. The maximum atomic E-state index is 14.3. The van der Waals surface area contributed by atoms with Crippen LogP contribution in [0.15, 0.2) is 48.7 Å². The predicted octanol–water partition coefficient (Wildman–Crippen LogP) is 8.09.